The zero-order valence-electron chi connectivity index (χ0n) is 9.92. The van der Waals surface area contributed by atoms with Crippen molar-refractivity contribution in [2.24, 2.45) is 5.41 Å². The molecule has 2 atom stereocenters. The number of hydrogen-bond acceptors (Lipinski definition) is 3. The Hall–Kier alpha value is 0.270. The van der Waals surface area contributed by atoms with Crippen molar-refractivity contribution < 1.29 is 4.74 Å². The summed E-state index contributed by atoms with van der Waals surface area (Å²) in [5, 5.41) is 4.63. The van der Waals surface area contributed by atoms with Crippen molar-refractivity contribution in [3.8, 4) is 0 Å². The minimum atomic E-state index is 0.423. The largest absolute Gasteiger partial charge is 0.380 e. The van der Waals surface area contributed by atoms with Gasteiger partial charge in [0, 0.05) is 23.3 Å². The first-order valence-electron chi connectivity index (χ1n) is 6.06. The molecule has 2 fully saturated rings. The number of thioether (sulfide) groups is 1. The zero-order chi connectivity index (χ0) is 10.7. The molecule has 15 heavy (non-hydrogen) atoms. The molecule has 1 heterocycles. The third-order valence-electron chi connectivity index (χ3n) is 3.68. The van der Waals surface area contributed by atoms with E-state index >= 15 is 0 Å². The molecule has 1 saturated heterocycles. The lowest BCUT2D eigenvalue weighted by atomic mass is 9.87. The molecule has 0 amide bonds. The Balaban J connectivity index is 1.69. The van der Waals surface area contributed by atoms with E-state index in [4.69, 9.17) is 4.74 Å². The van der Waals surface area contributed by atoms with Gasteiger partial charge in [0.2, 0.25) is 0 Å². The van der Waals surface area contributed by atoms with Gasteiger partial charge >= 0.3 is 0 Å². The van der Waals surface area contributed by atoms with Crippen LogP contribution in [0.1, 0.15) is 32.6 Å². The van der Waals surface area contributed by atoms with Crippen LogP contribution in [0.25, 0.3) is 0 Å². The Labute approximate surface area is 97.5 Å². The van der Waals surface area contributed by atoms with Gasteiger partial charge in [-0.2, -0.15) is 11.8 Å². The molecule has 0 bridgehead atoms. The summed E-state index contributed by atoms with van der Waals surface area (Å²) in [5.41, 5.74) is 0.423. The van der Waals surface area contributed by atoms with Crippen molar-refractivity contribution in [1.29, 1.82) is 0 Å². The van der Waals surface area contributed by atoms with Crippen molar-refractivity contribution >= 4 is 11.8 Å². The molecule has 3 heteroatoms. The van der Waals surface area contributed by atoms with Gasteiger partial charge < -0.3 is 10.1 Å². The lowest BCUT2D eigenvalue weighted by molar-refractivity contribution is -0.100. The Morgan fingerprint density at radius 2 is 2.20 bits per heavy atom. The van der Waals surface area contributed by atoms with E-state index in [-0.39, 0.29) is 0 Å². The van der Waals surface area contributed by atoms with Gasteiger partial charge in [-0.3, -0.25) is 0 Å². The van der Waals surface area contributed by atoms with Crippen molar-refractivity contribution in [2.45, 2.75) is 43.9 Å². The van der Waals surface area contributed by atoms with Crippen LogP contribution in [0.2, 0.25) is 0 Å². The summed E-state index contributed by atoms with van der Waals surface area (Å²) in [5.74, 6) is 0. The molecule has 1 aliphatic heterocycles. The summed E-state index contributed by atoms with van der Waals surface area (Å²) in [7, 11) is 0. The molecule has 1 saturated carbocycles. The predicted molar refractivity (Wildman–Crippen MR) is 66.5 cm³/mol. The molecule has 0 radical (unpaired) electrons. The van der Waals surface area contributed by atoms with Crippen molar-refractivity contribution in [3.05, 3.63) is 0 Å². The van der Waals surface area contributed by atoms with E-state index in [9.17, 15) is 0 Å². The minimum Gasteiger partial charge on any atom is -0.380 e. The Morgan fingerprint density at radius 1 is 1.40 bits per heavy atom. The van der Waals surface area contributed by atoms with Gasteiger partial charge in [0.15, 0.2) is 0 Å². The average molecular weight is 229 g/mol. The molecule has 1 N–H and O–H groups in total. The maximum absolute atomic E-state index is 5.28. The summed E-state index contributed by atoms with van der Waals surface area (Å²) in [6, 6.07) is 0.758. The average Bonchev–Trinajstić information content (AvgIpc) is 2.24. The van der Waals surface area contributed by atoms with Gasteiger partial charge in [0.05, 0.1) is 13.2 Å². The van der Waals surface area contributed by atoms with Crippen LogP contribution in [0.4, 0.5) is 0 Å². The first-order valence-corrected chi connectivity index (χ1v) is 7.35. The molecule has 0 aromatic heterocycles. The molecule has 0 aromatic rings. The number of hydrogen-bond donors (Lipinski definition) is 1. The molecular formula is C12H23NOS. The van der Waals surface area contributed by atoms with E-state index < -0.39 is 0 Å². The predicted octanol–water partition coefficient (Wildman–Crippen LogP) is 2.29. The maximum Gasteiger partial charge on any atom is 0.0554 e. The van der Waals surface area contributed by atoms with Crippen LogP contribution < -0.4 is 5.32 Å². The van der Waals surface area contributed by atoms with Crippen LogP contribution in [0.3, 0.4) is 0 Å². The Kier molecular flexibility index (Phi) is 3.97. The lowest BCUT2D eigenvalue weighted by Crippen LogP contribution is -2.50. The van der Waals surface area contributed by atoms with E-state index in [0.717, 1.165) is 31.1 Å². The second kappa shape index (κ2) is 5.07. The molecule has 0 aromatic carbocycles. The van der Waals surface area contributed by atoms with Crippen LogP contribution in [0.5, 0.6) is 0 Å². The fourth-order valence-electron chi connectivity index (χ4n) is 2.49. The van der Waals surface area contributed by atoms with Crippen LogP contribution in [-0.2, 0) is 4.74 Å². The highest BCUT2D eigenvalue weighted by atomic mass is 32.2. The minimum absolute atomic E-state index is 0.423. The van der Waals surface area contributed by atoms with Gasteiger partial charge in [-0.15, -0.1) is 0 Å². The van der Waals surface area contributed by atoms with Gasteiger partial charge in [-0.1, -0.05) is 13.3 Å². The summed E-state index contributed by atoms with van der Waals surface area (Å²) < 4.78 is 5.28. The highest BCUT2D eigenvalue weighted by molar-refractivity contribution is 7.99. The summed E-state index contributed by atoms with van der Waals surface area (Å²) >= 11 is 2.04. The smallest absolute Gasteiger partial charge is 0.0554 e. The van der Waals surface area contributed by atoms with Crippen LogP contribution in [0.15, 0.2) is 0 Å². The van der Waals surface area contributed by atoms with Crippen LogP contribution >= 0.6 is 11.8 Å². The SMILES string of the molecule is CSC1CCCC(NCC2(C)COC2)C1. The molecular weight excluding hydrogens is 206 g/mol. The molecule has 0 spiro atoms. The Bertz CT molecular complexity index is 206. The second-order valence-corrected chi connectivity index (χ2v) is 6.54. The second-order valence-electron chi connectivity index (χ2n) is 5.41. The first kappa shape index (κ1) is 11.7. The molecule has 2 rings (SSSR count). The number of rotatable bonds is 4. The van der Waals surface area contributed by atoms with Crippen LogP contribution in [-0.4, -0.2) is 37.3 Å². The summed E-state index contributed by atoms with van der Waals surface area (Å²) in [4.78, 5) is 0. The van der Waals surface area contributed by atoms with Gasteiger partial charge in [-0.25, -0.2) is 0 Å². The first-order chi connectivity index (χ1) is 7.22. The van der Waals surface area contributed by atoms with Gasteiger partial charge in [0.25, 0.3) is 0 Å². The monoisotopic (exact) mass is 229 g/mol. The van der Waals surface area contributed by atoms with E-state index in [1.807, 2.05) is 11.8 Å². The van der Waals surface area contributed by atoms with E-state index in [2.05, 4.69) is 18.5 Å². The van der Waals surface area contributed by atoms with Crippen molar-refractivity contribution in [3.63, 3.8) is 0 Å². The third-order valence-corrected chi connectivity index (χ3v) is 4.77. The lowest BCUT2D eigenvalue weighted by Gasteiger charge is -2.40. The topological polar surface area (TPSA) is 21.3 Å². The van der Waals surface area contributed by atoms with Crippen LogP contribution in [0, 0.1) is 5.41 Å². The molecule has 2 aliphatic rings. The van der Waals surface area contributed by atoms with Crippen molar-refractivity contribution in [1.82, 2.24) is 5.32 Å². The molecule has 2 nitrogen and oxygen atoms in total. The number of ether oxygens (including phenoxy) is 1. The fourth-order valence-corrected chi connectivity index (χ4v) is 3.31. The maximum atomic E-state index is 5.28. The number of nitrogens with one attached hydrogen (secondary N) is 1. The highest BCUT2D eigenvalue weighted by Crippen LogP contribution is 2.29. The Morgan fingerprint density at radius 3 is 2.80 bits per heavy atom. The molecule has 1 aliphatic carbocycles. The zero-order valence-corrected chi connectivity index (χ0v) is 10.7. The fraction of sp³-hybridized carbons (Fsp3) is 1.00. The standard InChI is InChI=1S/C12H23NOS/c1-12(8-14-9-12)7-13-10-4-3-5-11(6-10)15-2/h10-11,13H,3-9H2,1-2H3. The van der Waals surface area contributed by atoms with E-state index in [1.165, 1.54) is 25.7 Å². The van der Waals surface area contributed by atoms with E-state index in [1.54, 1.807) is 0 Å². The molecule has 2 unspecified atom stereocenters. The van der Waals surface area contributed by atoms with E-state index in [0.29, 0.717) is 5.41 Å². The summed E-state index contributed by atoms with van der Waals surface area (Å²) in [6.07, 6.45) is 7.79. The van der Waals surface area contributed by atoms with Crippen molar-refractivity contribution in [2.75, 3.05) is 26.0 Å². The third kappa shape index (κ3) is 3.11. The van der Waals surface area contributed by atoms with Gasteiger partial charge in [-0.05, 0) is 25.5 Å². The highest BCUT2D eigenvalue weighted by Gasteiger charge is 2.34. The molecule has 88 valence electrons. The summed E-state index contributed by atoms with van der Waals surface area (Å²) in [6.45, 7) is 5.34. The normalized spacial score (nSPS) is 34.8. The van der Waals surface area contributed by atoms with Gasteiger partial charge in [0.1, 0.15) is 0 Å². The quantitative estimate of drug-likeness (QED) is 0.799.